The number of halogens is 1. The zero-order valence-electron chi connectivity index (χ0n) is 20.0. The van der Waals surface area contributed by atoms with Gasteiger partial charge in [-0.3, -0.25) is 9.80 Å². The van der Waals surface area contributed by atoms with Crippen LogP contribution in [-0.2, 0) is 6.54 Å². The molecule has 0 aliphatic carbocycles. The molecule has 0 amide bonds. The number of aromatic nitrogens is 2. The van der Waals surface area contributed by atoms with Crippen LogP contribution in [0.15, 0.2) is 91.4 Å². The van der Waals surface area contributed by atoms with Crippen molar-refractivity contribution in [3.63, 3.8) is 0 Å². The first-order valence-electron chi connectivity index (χ1n) is 12.1. The molecule has 0 saturated carbocycles. The van der Waals surface area contributed by atoms with Crippen molar-refractivity contribution in [1.82, 2.24) is 19.4 Å². The molecule has 2 heterocycles. The summed E-state index contributed by atoms with van der Waals surface area (Å²) in [4.78, 5) is 9.01. The van der Waals surface area contributed by atoms with Gasteiger partial charge in [-0.15, -0.1) is 0 Å². The number of imidazole rings is 1. The Morgan fingerprint density at radius 3 is 2.31 bits per heavy atom. The van der Waals surface area contributed by atoms with E-state index < -0.39 is 6.23 Å². The summed E-state index contributed by atoms with van der Waals surface area (Å²) >= 11 is 0. The van der Waals surface area contributed by atoms with Crippen LogP contribution in [0, 0.1) is 5.82 Å². The van der Waals surface area contributed by atoms with Gasteiger partial charge in [-0.2, -0.15) is 0 Å². The summed E-state index contributed by atoms with van der Waals surface area (Å²) in [5.74, 6) is -0.229. The molecule has 1 saturated heterocycles. The van der Waals surface area contributed by atoms with Gasteiger partial charge in [0.2, 0.25) is 0 Å². The molecule has 1 aliphatic heterocycles. The Hall–Kier alpha value is -3.32. The molecule has 5 rings (SSSR count). The lowest BCUT2D eigenvalue weighted by Crippen LogP contribution is -2.47. The van der Waals surface area contributed by atoms with E-state index in [-0.39, 0.29) is 11.9 Å². The summed E-state index contributed by atoms with van der Waals surface area (Å²) in [5, 5.41) is 10.7. The number of aliphatic hydroxyl groups excluding tert-OH is 1. The highest BCUT2D eigenvalue weighted by molar-refractivity contribution is 5.68. The van der Waals surface area contributed by atoms with E-state index in [0.717, 1.165) is 55.1 Å². The van der Waals surface area contributed by atoms with E-state index in [1.807, 2.05) is 67.1 Å². The van der Waals surface area contributed by atoms with Gasteiger partial charge >= 0.3 is 0 Å². The van der Waals surface area contributed by atoms with Crippen LogP contribution < -0.4 is 0 Å². The van der Waals surface area contributed by atoms with Crippen molar-refractivity contribution in [3.8, 4) is 11.1 Å². The van der Waals surface area contributed by atoms with Gasteiger partial charge in [0, 0.05) is 38.9 Å². The summed E-state index contributed by atoms with van der Waals surface area (Å²) < 4.78 is 15.7. The normalized spacial score (nSPS) is 16.8. The van der Waals surface area contributed by atoms with Gasteiger partial charge in [0.05, 0.1) is 18.1 Å². The minimum absolute atomic E-state index is 0.0787. The molecule has 1 fully saturated rings. The minimum atomic E-state index is -0.563. The molecule has 0 radical (unpaired) electrons. The van der Waals surface area contributed by atoms with Gasteiger partial charge < -0.3 is 9.67 Å². The molecule has 6 heteroatoms. The predicted octanol–water partition coefficient (Wildman–Crippen LogP) is 5.11. The first kappa shape index (κ1) is 23.4. The molecule has 1 N–H and O–H groups in total. The second-order valence-corrected chi connectivity index (χ2v) is 9.16. The third kappa shape index (κ3) is 5.20. The molecular weight excluding hydrogens is 439 g/mol. The molecule has 3 aromatic carbocycles. The van der Waals surface area contributed by atoms with E-state index in [2.05, 4.69) is 38.4 Å². The Balaban J connectivity index is 1.28. The average Bonchev–Trinajstić information content (AvgIpc) is 3.37. The van der Waals surface area contributed by atoms with E-state index in [4.69, 9.17) is 0 Å². The molecule has 0 bridgehead atoms. The molecule has 2 unspecified atom stereocenters. The Labute approximate surface area is 206 Å². The van der Waals surface area contributed by atoms with Crippen LogP contribution in [0.2, 0.25) is 0 Å². The maximum absolute atomic E-state index is 13.5. The van der Waals surface area contributed by atoms with Crippen molar-refractivity contribution in [2.24, 2.45) is 0 Å². The lowest BCUT2D eigenvalue weighted by atomic mass is 9.95. The van der Waals surface area contributed by atoms with E-state index in [0.29, 0.717) is 0 Å². The molecule has 180 valence electrons. The Bertz CT molecular complexity index is 1230. The SMILES string of the molecule is CC(c1ccccc1-c1ccc(F)cc1)n1cncc1CN1CCN(C(O)c2ccccc2)CC1. The summed E-state index contributed by atoms with van der Waals surface area (Å²) in [7, 11) is 0. The van der Waals surface area contributed by atoms with E-state index in [9.17, 15) is 9.50 Å². The van der Waals surface area contributed by atoms with E-state index in [1.165, 1.54) is 17.7 Å². The molecule has 5 nitrogen and oxygen atoms in total. The van der Waals surface area contributed by atoms with Gasteiger partial charge in [-0.1, -0.05) is 66.7 Å². The Morgan fingerprint density at radius 2 is 1.57 bits per heavy atom. The lowest BCUT2D eigenvalue weighted by molar-refractivity contribution is -0.0289. The largest absolute Gasteiger partial charge is 0.374 e. The van der Waals surface area contributed by atoms with Crippen molar-refractivity contribution in [3.05, 3.63) is 114 Å². The highest BCUT2D eigenvalue weighted by atomic mass is 19.1. The summed E-state index contributed by atoms with van der Waals surface area (Å²) in [5.41, 5.74) is 5.37. The first-order chi connectivity index (χ1) is 17.1. The smallest absolute Gasteiger partial charge is 0.133 e. The van der Waals surface area contributed by atoms with Gasteiger partial charge in [-0.05, 0) is 41.3 Å². The summed E-state index contributed by atoms with van der Waals surface area (Å²) in [6, 6.07) is 24.9. The third-order valence-corrected chi connectivity index (χ3v) is 6.97. The van der Waals surface area contributed by atoms with Crippen LogP contribution in [0.5, 0.6) is 0 Å². The van der Waals surface area contributed by atoms with Gasteiger partial charge in [0.15, 0.2) is 0 Å². The van der Waals surface area contributed by atoms with Gasteiger partial charge in [-0.25, -0.2) is 9.37 Å². The summed E-state index contributed by atoms with van der Waals surface area (Å²) in [6.45, 7) is 6.38. The topological polar surface area (TPSA) is 44.5 Å². The second-order valence-electron chi connectivity index (χ2n) is 9.16. The maximum atomic E-state index is 13.5. The number of hydrogen-bond acceptors (Lipinski definition) is 4. The van der Waals surface area contributed by atoms with Crippen LogP contribution >= 0.6 is 0 Å². The number of rotatable bonds is 7. The van der Waals surface area contributed by atoms with Crippen LogP contribution in [0.1, 0.15) is 36.0 Å². The highest BCUT2D eigenvalue weighted by Gasteiger charge is 2.24. The van der Waals surface area contributed by atoms with Crippen LogP contribution in [0.25, 0.3) is 11.1 Å². The number of piperazine rings is 1. The van der Waals surface area contributed by atoms with Crippen LogP contribution in [0.3, 0.4) is 0 Å². The number of nitrogens with zero attached hydrogens (tertiary/aromatic N) is 4. The average molecular weight is 471 g/mol. The highest BCUT2D eigenvalue weighted by Crippen LogP contribution is 2.31. The standard InChI is InChI=1S/C29H31FN4O/c1-22(27-9-5-6-10-28(27)23-11-13-25(30)14-12-23)34-21-31-19-26(34)20-32-15-17-33(18-16-32)29(35)24-7-3-2-4-8-24/h2-14,19,21-22,29,35H,15-18,20H2,1H3. The third-order valence-electron chi connectivity index (χ3n) is 6.97. The zero-order chi connectivity index (χ0) is 24.2. The second kappa shape index (κ2) is 10.5. The van der Waals surface area contributed by atoms with E-state index in [1.54, 1.807) is 0 Å². The van der Waals surface area contributed by atoms with Crippen LogP contribution in [-0.4, -0.2) is 50.6 Å². The lowest BCUT2D eigenvalue weighted by Gasteiger charge is -2.37. The minimum Gasteiger partial charge on any atom is -0.374 e. The van der Waals surface area contributed by atoms with Crippen molar-refractivity contribution in [1.29, 1.82) is 0 Å². The van der Waals surface area contributed by atoms with Crippen molar-refractivity contribution >= 4 is 0 Å². The maximum Gasteiger partial charge on any atom is 0.133 e. The number of hydrogen-bond donors (Lipinski definition) is 1. The molecular formula is C29H31FN4O. The molecule has 0 spiro atoms. The molecule has 1 aliphatic rings. The van der Waals surface area contributed by atoms with Crippen LogP contribution in [0.4, 0.5) is 4.39 Å². The Kier molecular flexibility index (Phi) is 7.04. The molecule has 35 heavy (non-hydrogen) atoms. The molecule has 4 aromatic rings. The van der Waals surface area contributed by atoms with Gasteiger partial charge in [0.25, 0.3) is 0 Å². The van der Waals surface area contributed by atoms with Crippen molar-refractivity contribution in [2.45, 2.75) is 25.7 Å². The number of aliphatic hydroxyl groups is 1. The molecule has 1 aromatic heterocycles. The first-order valence-corrected chi connectivity index (χ1v) is 12.1. The fraction of sp³-hybridized carbons (Fsp3) is 0.276. The fourth-order valence-corrected chi connectivity index (χ4v) is 4.94. The molecule has 2 atom stereocenters. The monoisotopic (exact) mass is 470 g/mol. The quantitative estimate of drug-likeness (QED) is 0.408. The van der Waals surface area contributed by atoms with Crippen molar-refractivity contribution < 1.29 is 9.50 Å². The summed E-state index contributed by atoms with van der Waals surface area (Å²) in [6.07, 6.45) is 3.28. The van der Waals surface area contributed by atoms with E-state index >= 15 is 0 Å². The van der Waals surface area contributed by atoms with Crippen molar-refractivity contribution in [2.75, 3.05) is 26.2 Å². The zero-order valence-corrected chi connectivity index (χ0v) is 20.0. The fourth-order valence-electron chi connectivity index (χ4n) is 4.94. The number of benzene rings is 3. The predicted molar refractivity (Wildman–Crippen MR) is 136 cm³/mol. The Morgan fingerprint density at radius 1 is 0.886 bits per heavy atom. The van der Waals surface area contributed by atoms with Gasteiger partial charge in [0.1, 0.15) is 12.0 Å².